The molecule has 0 saturated heterocycles. The topological polar surface area (TPSA) is 93.7 Å². The van der Waals surface area contributed by atoms with Gasteiger partial charge in [0.1, 0.15) is 5.75 Å². The van der Waals surface area contributed by atoms with Crippen LogP contribution in [0, 0.1) is 0 Å². The summed E-state index contributed by atoms with van der Waals surface area (Å²) in [5, 5.41) is 2.71. The lowest BCUT2D eigenvalue weighted by molar-refractivity contribution is -0.118. The average Bonchev–Trinajstić information content (AvgIpc) is 3.14. The maximum Gasteiger partial charge on any atom is 0.262 e. The molecular formula is C21H26N2O5S. The van der Waals surface area contributed by atoms with Crippen molar-refractivity contribution in [2.24, 2.45) is 0 Å². The van der Waals surface area contributed by atoms with Crippen LogP contribution in [0.5, 0.6) is 5.75 Å². The Bertz CT molecular complexity index is 958. The first-order chi connectivity index (χ1) is 13.9. The van der Waals surface area contributed by atoms with E-state index in [4.69, 9.17) is 9.47 Å². The van der Waals surface area contributed by atoms with E-state index in [1.54, 1.807) is 19.1 Å². The van der Waals surface area contributed by atoms with Crippen LogP contribution in [-0.2, 0) is 32.4 Å². The Labute approximate surface area is 171 Å². The molecule has 156 valence electrons. The minimum Gasteiger partial charge on any atom is -0.484 e. The molecule has 2 N–H and O–H groups in total. The van der Waals surface area contributed by atoms with E-state index in [1.807, 2.05) is 12.1 Å². The molecule has 1 aliphatic rings. The summed E-state index contributed by atoms with van der Waals surface area (Å²) in [6.07, 6.45) is 3.31. The van der Waals surface area contributed by atoms with Crippen LogP contribution >= 0.6 is 0 Å². The lowest BCUT2D eigenvalue weighted by atomic mass is 10.1. The third-order valence-corrected chi connectivity index (χ3v) is 6.27. The Kier molecular flexibility index (Phi) is 6.89. The van der Waals surface area contributed by atoms with Gasteiger partial charge in [0.2, 0.25) is 10.0 Å². The highest BCUT2D eigenvalue weighted by Gasteiger charge is 2.17. The first kappa shape index (κ1) is 21.3. The van der Waals surface area contributed by atoms with E-state index >= 15 is 0 Å². The molecule has 0 unspecified atom stereocenters. The molecular weight excluding hydrogens is 392 g/mol. The SMILES string of the molecule is COC[C@@H](C)NS(=O)(=O)c1ccc(NC(=O)COc2ccc3c(c2)CCC3)cc1. The number of hydrogen-bond acceptors (Lipinski definition) is 5. The maximum absolute atomic E-state index is 12.3. The van der Waals surface area contributed by atoms with Gasteiger partial charge in [0.05, 0.1) is 11.5 Å². The molecule has 0 heterocycles. The van der Waals surface area contributed by atoms with E-state index < -0.39 is 10.0 Å². The molecule has 2 aromatic rings. The second-order valence-electron chi connectivity index (χ2n) is 7.12. The highest BCUT2D eigenvalue weighted by Crippen LogP contribution is 2.26. The van der Waals surface area contributed by atoms with Crippen molar-refractivity contribution in [1.82, 2.24) is 4.72 Å². The van der Waals surface area contributed by atoms with Crippen molar-refractivity contribution in [2.75, 3.05) is 25.6 Å². The molecule has 1 atom stereocenters. The van der Waals surface area contributed by atoms with Gasteiger partial charge < -0.3 is 14.8 Å². The van der Waals surface area contributed by atoms with Crippen LogP contribution in [0.2, 0.25) is 0 Å². The number of aryl methyl sites for hydroxylation is 2. The normalized spacial score (nSPS) is 14.3. The fraction of sp³-hybridized carbons (Fsp3) is 0.381. The molecule has 7 nitrogen and oxygen atoms in total. The van der Waals surface area contributed by atoms with E-state index in [0.29, 0.717) is 11.4 Å². The molecule has 0 saturated carbocycles. The lowest BCUT2D eigenvalue weighted by Gasteiger charge is -2.13. The minimum atomic E-state index is -3.65. The number of hydrogen-bond donors (Lipinski definition) is 2. The number of nitrogens with one attached hydrogen (secondary N) is 2. The Balaban J connectivity index is 1.53. The van der Waals surface area contributed by atoms with E-state index in [0.717, 1.165) is 19.3 Å². The fourth-order valence-corrected chi connectivity index (χ4v) is 4.55. The maximum atomic E-state index is 12.3. The molecule has 0 spiro atoms. The van der Waals surface area contributed by atoms with Crippen LogP contribution in [0.1, 0.15) is 24.5 Å². The Morgan fingerprint density at radius 3 is 2.55 bits per heavy atom. The van der Waals surface area contributed by atoms with Crippen molar-refractivity contribution >= 4 is 21.6 Å². The smallest absolute Gasteiger partial charge is 0.262 e. The first-order valence-corrected chi connectivity index (χ1v) is 11.0. The van der Waals surface area contributed by atoms with Crippen molar-refractivity contribution in [3.05, 3.63) is 53.6 Å². The molecule has 0 bridgehead atoms. The van der Waals surface area contributed by atoms with Gasteiger partial charge in [-0.1, -0.05) is 6.07 Å². The van der Waals surface area contributed by atoms with Gasteiger partial charge in [-0.3, -0.25) is 4.79 Å². The molecule has 29 heavy (non-hydrogen) atoms. The first-order valence-electron chi connectivity index (χ1n) is 9.53. The second-order valence-corrected chi connectivity index (χ2v) is 8.84. The van der Waals surface area contributed by atoms with Gasteiger partial charge in [0.15, 0.2) is 6.61 Å². The quantitative estimate of drug-likeness (QED) is 0.653. The molecule has 1 aliphatic carbocycles. The van der Waals surface area contributed by atoms with E-state index in [9.17, 15) is 13.2 Å². The lowest BCUT2D eigenvalue weighted by Crippen LogP contribution is -2.35. The van der Waals surface area contributed by atoms with Gasteiger partial charge in [-0.25, -0.2) is 13.1 Å². The summed E-state index contributed by atoms with van der Waals surface area (Å²) in [5.41, 5.74) is 3.13. The third kappa shape index (κ3) is 5.79. The molecule has 1 amide bonds. The molecule has 0 fully saturated rings. The fourth-order valence-electron chi connectivity index (χ4n) is 3.32. The van der Waals surface area contributed by atoms with E-state index in [2.05, 4.69) is 16.1 Å². The highest BCUT2D eigenvalue weighted by molar-refractivity contribution is 7.89. The Hall–Kier alpha value is -2.42. The third-order valence-electron chi connectivity index (χ3n) is 4.66. The van der Waals surface area contributed by atoms with Crippen molar-refractivity contribution in [2.45, 2.75) is 37.1 Å². The number of ether oxygens (including phenoxy) is 2. The number of benzene rings is 2. The number of fused-ring (bicyclic) bond motifs is 1. The van der Waals surface area contributed by atoms with Gasteiger partial charge in [-0.05, 0) is 73.7 Å². The van der Waals surface area contributed by atoms with E-state index in [1.165, 1.54) is 30.4 Å². The monoisotopic (exact) mass is 418 g/mol. The number of anilines is 1. The summed E-state index contributed by atoms with van der Waals surface area (Å²) >= 11 is 0. The predicted molar refractivity (Wildman–Crippen MR) is 111 cm³/mol. The predicted octanol–water partition coefficient (Wildman–Crippen LogP) is 2.51. The molecule has 8 heteroatoms. The number of carbonyl (C=O) groups is 1. The second kappa shape index (κ2) is 9.39. The van der Waals surface area contributed by atoms with Gasteiger partial charge >= 0.3 is 0 Å². The summed E-state index contributed by atoms with van der Waals surface area (Å²) in [4.78, 5) is 12.3. The van der Waals surface area contributed by atoms with Crippen LogP contribution in [-0.4, -0.2) is 40.7 Å². The van der Waals surface area contributed by atoms with Gasteiger partial charge in [-0.15, -0.1) is 0 Å². The van der Waals surface area contributed by atoms with Crippen molar-refractivity contribution in [3.63, 3.8) is 0 Å². The van der Waals surface area contributed by atoms with Crippen LogP contribution in [0.3, 0.4) is 0 Å². The number of carbonyl (C=O) groups excluding carboxylic acids is 1. The van der Waals surface area contributed by atoms with Crippen LogP contribution in [0.15, 0.2) is 47.4 Å². The van der Waals surface area contributed by atoms with Crippen LogP contribution in [0.25, 0.3) is 0 Å². The molecule has 0 aromatic heterocycles. The van der Waals surface area contributed by atoms with Gasteiger partial charge in [0.25, 0.3) is 5.91 Å². The summed E-state index contributed by atoms with van der Waals surface area (Å²) in [5.74, 6) is 0.367. The summed E-state index contributed by atoms with van der Waals surface area (Å²) in [7, 11) is -2.14. The van der Waals surface area contributed by atoms with Crippen molar-refractivity contribution in [1.29, 1.82) is 0 Å². The summed E-state index contributed by atoms with van der Waals surface area (Å²) in [6, 6.07) is 11.6. The summed E-state index contributed by atoms with van der Waals surface area (Å²) < 4.78 is 37.7. The van der Waals surface area contributed by atoms with Crippen LogP contribution < -0.4 is 14.8 Å². The standard InChI is InChI=1S/C21H26N2O5S/c1-15(13-27-2)23-29(25,26)20-10-7-18(8-11-20)22-21(24)14-28-19-9-6-16-4-3-5-17(16)12-19/h6-12,15,23H,3-5,13-14H2,1-2H3,(H,22,24)/t15-/m1/s1. The molecule has 2 aromatic carbocycles. The molecule has 0 aliphatic heterocycles. The number of amides is 1. The van der Waals surface area contributed by atoms with E-state index in [-0.39, 0.29) is 30.1 Å². The zero-order valence-electron chi connectivity index (χ0n) is 16.6. The molecule has 0 radical (unpaired) electrons. The Morgan fingerprint density at radius 1 is 1.10 bits per heavy atom. The largest absolute Gasteiger partial charge is 0.484 e. The van der Waals surface area contributed by atoms with Crippen LogP contribution in [0.4, 0.5) is 5.69 Å². The number of methoxy groups -OCH3 is 1. The van der Waals surface area contributed by atoms with Gasteiger partial charge in [0, 0.05) is 18.8 Å². The average molecular weight is 419 g/mol. The number of sulfonamides is 1. The summed E-state index contributed by atoms with van der Waals surface area (Å²) in [6.45, 7) is 1.88. The zero-order valence-corrected chi connectivity index (χ0v) is 17.4. The van der Waals surface area contributed by atoms with Crippen molar-refractivity contribution < 1.29 is 22.7 Å². The number of rotatable bonds is 9. The zero-order chi connectivity index (χ0) is 20.9. The minimum absolute atomic E-state index is 0.116. The highest BCUT2D eigenvalue weighted by atomic mass is 32.2. The Morgan fingerprint density at radius 2 is 1.83 bits per heavy atom. The van der Waals surface area contributed by atoms with Gasteiger partial charge in [-0.2, -0.15) is 0 Å². The van der Waals surface area contributed by atoms with Crippen molar-refractivity contribution in [3.8, 4) is 5.75 Å². The molecule has 3 rings (SSSR count).